The Hall–Kier alpha value is -1.63. The largest absolute Gasteiger partial charge is 0.381 e. The molecule has 2 amide bonds. The van der Waals surface area contributed by atoms with Gasteiger partial charge in [0.1, 0.15) is 6.33 Å². The van der Waals surface area contributed by atoms with E-state index in [-0.39, 0.29) is 12.1 Å². The van der Waals surface area contributed by atoms with Gasteiger partial charge in [-0.3, -0.25) is 0 Å². The topological polar surface area (TPSA) is 72.3 Å². The minimum Gasteiger partial charge on any atom is -0.381 e. The van der Waals surface area contributed by atoms with Crippen LogP contribution in [0.25, 0.3) is 0 Å². The van der Waals surface area contributed by atoms with Crippen molar-refractivity contribution in [3.05, 3.63) is 12.2 Å². The van der Waals surface area contributed by atoms with Gasteiger partial charge in [0.25, 0.3) is 0 Å². The fourth-order valence-corrected chi connectivity index (χ4v) is 2.42. The molecule has 2 atom stereocenters. The van der Waals surface area contributed by atoms with Crippen molar-refractivity contribution in [2.75, 3.05) is 26.3 Å². The Kier molecular flexibility index (Phi) is 4.94. The molecule has 1 aliphatic heterocycles. The summed E-state index contributed by atoms with van der Waals surface area (Å²) in [4.78, 5) is 14.1. The summed E-state index contributed by atoms with van der Waals surface area (Å²) < 4.78 is 7.17. The van der Waals surface area contributed by atoms with Crippen LogP contribution in [0.3, 0.4) is 0 Å². The zero-order chi connectivity index (χ0) is 14.5. The first-order chi connectivity index (χ1) is 9.61. The molecule has 0 spiro atoms. The number of nitrogens with one attached hydrogen (secondary N) is 1. The molecule has 0 bridgehead atoms. The van der Waals surface area contributed by atoms with Crippen molar-refractivity contribution in [1.82, 2.24) is 25.0 Å². The van der Waals surface area contributed by atoms with Gasteiger partial charge in [0.2, 0.25) is 0 Å². The highest BCUT2D eigenvalue weighted by atomic mass is 16.5. The van der Waals surface area contributed by atoms with Crippen molar-refractivity contribution in [2.45, 2.75) is 26.3 Å². The molecule has 2 heterocycles. The molecule has 0 aromatic carbocycles. The van der Waals surface area contributed by atoms with Crippen LogP contribution in [0.5, 0.6) is 0 Å². The van der Waals surface area contributed by atoms with E-state index in [1.807, 2.05) is 30.4 Å². The summed E-state index contributed by atoms with van der Waals surface area (Å²) in [5.41, 5.74) is 0. The predicted octanol–water partition coefficient (Wildman–Crippen LogP) is 0.944. The summed E-state index contributed by atoms with van der Waals surface area (Å²) in [6, 6.07) is -0.223. The van der Waals surface area contributed by atoms with Crippen molar-refractivity contribution in [3.8, 4) is 0 Å². The summed E-state index contributed by atoms with van der Waals surface area (Å²) >= 11 is 0. The van der Waals surface area contributed by atoms with Crippen LogP contribution in [0.1, 0.15) is 32.1 Å². The summed E-state index contributed by atoms with van der Waals surface area (Å²) in [6.45, 7) is 6.89. The van der Waals surface area contributed by atoms with Crippen molar-refractivity contribution in [3.63, 3.8) is 0 Å². The average molecular weight is 281 g/mol. The van der Waals surface area contributed by atoms with Crippen LogP contribution in [-0.2, 0) is 11.8 Å². The van der Waals surface area contributed by atoms with Crippen LogP contribution in [0, 0.1) is 5.92 Å². The van der Waals surface area contributed by atoms with Crippen molar-refractivity contribution >= 4 is 6.03 Å². The molecule has 7 nitrogen and oxygen atoms in total. The first-order valence-corrected chi connectivity index (χ1v) is 7.08. The van der Waals surface area contributed by atoms with Gasteiger partial charge in [-0.25, -0.2) is 4.79 Å². The first kappa shape index (κ1) is 14.8. The number of rotatable bonds is 5. The number of hydrogen-bond donors (Lipinski definition) is 1. The molecule has 1 fully saturated rings. The van der Waals surface area contributed by atoms with Crippen LogP contribution >= 0.6 is 0 Å². The van der Waals surface area contributed by atoms with Gasteiger partial charge < -0.3 is 19.5 Å². The van der Waals surface area contributed by atoms with Crippen LogP contribution in [0.15, 0.2) is 6.33 Å². The van der Waals surface area contributed by atoms with Gasteiger partial charge in [0, 0.05) is 32.7 Å². The molecule has 1 aromatic rings. The van der Waals surface area contributed by atoms with E-state index in [4.69, 9.17) is 4.74 Å². The van der Waals surface area contributed by atoms with E-state index in [0.29, 0.717) is 12.5 Å². The molecule has 0 unspecified atom stereocenters. The van der Waals surface area contributed by atoms with Crippen LogP contribution < -0.4 is 5.32 Å². The second-order valence-corrected chi connectivity index (χ2v) is 5.24. The van der Waals surface area contributed by atoms with Gasteiger partial charge in [-0.05, 0) is 20.3 Å². The van der Waals surface area contributed by atoms with Crippen LogP contribution in [0.2, 0.25) is 0 Å². The summed E-state index contributed by atoms with van der Waals surface area (Å²) in [5, 5.41) is 10.8. The number of nitrogens with zero attached hydrogens (tertiary/aromatic N) is 4. The molecule has 1 N–H and O–H groups in total. The highest BCUT2D eigenvalue weighted by Gasteiger charge is 2.23. The number of carbonyl (C=O) groups is 1. The van der Waals surface area contributed by atoms with Crippen molar-refractivity contribution in [1.29, 1.82) is 0 Å². The highest BCUT2D eigenvalue weighted by molar-refractivity contribution is 5.74. The lowest BCUT2D eigenvalue weighted by atomic mass is 10.1. The molecule has 0 saturated carbocycles. The standard InChI is InChI=1S/C13H23N5O2/c1-4-18(7-11-5-6-20-8-11)13(19)15-10(2)12-16-14-9-17(12)3/h9-11H,4-8H2,1-3H3,(H,15,19)/t10-,11+/m0/s1. The minimum atomic E-state index is -0.163. The van der Waals surface area contributed by atoms with E-state index in [2.05, 4.69) is 15.5 Å². The normalized spacial score (nSPS) is 19.9. The van der Waals surface area contributed by atoms with Gasteiger partial charge in [0.15, 0.2) is 5.82 Å². The Bertz CT molecular complexity index is 442. The number of hydrogen-bond acceptors (Lipinski definition) is 4. The second-order valence-electron chi connectivity index (χ2n) is 5.24. The molecule has 2 rings (SSSR count). The van der Waals surface area contributed by atoms with Crippen molar-refractivity contribution < 1.29 is 9.53 Å². The van der Waals surface area contributed by atoms with E-state index >= 15 is 0 Å². The smallest absolute Gasteiger partial charge is 0.317 e. The molecular weight excluding hydrogens is 258 g/mol. The van der Waals surface area contributed by atoms with E-state index in [1.165, 1.54) is 0 Å². The number of ether oxygens (including phenoxy) is 1. The van der Waals surface area contributed by atoms with E-state index in [1.54, 1.807) is 6.33 Å². The third-order valence-corrected chi connectivity index (χ3v) is 3.65. The van der Waals surface area contributed by atoms with Gasteiger partial charge in [-0.2, -0.15) is 0 Å². The van der Waals surface area contributed by atoms with E-state index in [0.717, 1.165) is 32.0 Å². The molecule has 1 saturated heterocycles. The third-order valence-electron chi connectivity index (χ3n) is 3.65. The minimum absolute atomic E-state index is 0.0603. The lowest BCUT2D eigenvalue weighted by molar-refractivity contribution is 0.165. The second kappa shape index (κ2) is 6.69. The molecular formula is C13H23N5O2. The van der Waals surface area contributed by atoms with Gasteiger partial charge >= 0.3 is 6.03 Å². The Morgan fingerprint density at radius 1 is 1.70 bits per heavy atom. The maximum absolute atomic E-state index is 12.3. The lowest BCUT2D eigenvalue weighted by Gasteiger charge is -2.25. The number of urea groups is 1. The maximum Gasteiger partial charge on any atom is 0.317 e. The van der Waals surface area contributed by atoms with Crippen LogP contribution in [0.4, 0.5) is 4.79 Å². The molecule has 20 heavy (non-hydrogen) atoms. The van der Waals surface area contributed by atoms with Gasteiger partial charge in [-0.15, -0.1) is 10.2 Å². The third kappa shape index (κ3) is 3.47. The number of aromatic nitrogens is 3. The molecule has 112 valence electrons. The van der Waals surface area contributed by atoms with E-state index < -0.39 is 0 Å². The van der Waals surface area contributed by atoms with Gasteiger partial charge in [0.05, 0.1) is 12.6 Å². The number of carbonyl (C=O) groups excluding carboxylic acids is 1. The Morgan fingerprint density at radius 2 is 2.50 bits per heavy atom. The Balaban J connectivity index is 1.89. The first-order valence-electron chi connectivity index (χ1n) is 7.08. The molecule has 1 aromatic heterocycles. The SMILES string of the molecule is CCN(C[C@H]1CCOC1)C(=O)N[C@@H](C)c1nncn1C. The lowest BCUT2D eigenvalue weighted by Crippen LogP contribution is -2.43. The molecule has 1 aliphatic rings. The highest BCUT2D eigenvalue weighted by Crippen LogP contribution is 2.15. The van der Waals surface area contributed by atoms with Crippen LogP contribution in [-0.4, -0.2) is 52.0 Å². The quantitative estimate of drug-likeness (QED) is 0.872. The zero-order valence-corrected chi connectivity index (χ0v) is 12.4. The Labute approximate surface area is 119 Å². The predicted molar refractivity (Wildman–Crippen MR) is 74.1 cm³/mol. The average Bonchev–Trinajstić information content (AvgIpc) is 3.06. The fraction of sp³-hybridized carbons (Fsp3) is 0.769. The molecule has 7 heteroatoms. The summed E-state index contributed by atoms with van der Waals surface area (Å²) in [7, 11) is 1.87. The zero-order valence-electron chi connectivity index (χ0n) is 12.4. The number of aryl methyl sites for hydroxylation is 1. The number of amides is 2. The van der Waals surface area contributed by atoms with Gasteiger partial charge in [-0.1, -0.05) is 0 Å². The van der Waals surface area contributed by atoms with E-state index in [9.17, 15) is 4.79 Å². The Morgan fingerprint density at radius 3 is 3.05 bits per heavy atom. The summed E-state index contributed by atoms with van der Waals surface area (Å²) in [5.74, 6) is 1.20. The molecule has 0 radical (unpaired) electrons. The fourth-order valence-electron chi connectivity index (χ4n) is 2.42. The van der Waals surface area contributed by atoms with Crippen molar-refractivity contribution in [2.24, 2.45) is 13.0 Å². The monoisotopic (exact) mass is 281 g/mol. The maximum atomic E-state index is 12.3. The molecule has 0 aliphatic carbocycles. The summed E-state index contributed by atoms with van der Waals surface area (Å²) in [6.07, 6.45) is 2.66.